The lowest BCUT2D eigenvalue weighted by Gasteiger charge is -2.09. The Balaban J connectivity index is 2.11. The molecule has 2 aromatic rings. The second-order valence-electron chi connectivity index (χ2n) is 4.06. The number of nitrogens with one attached hydrogen (secondary N) is 1. The van der Waals surface area contributed by atoms with Crippen LogP contribution in [0.4, 0.5) is 10.1 Å². The van der Waals surface area contributed by atoms with E-state index in [0.29, 0.717) is 12.2 Å². The topological polar surface area (TPSA) is 12.0 Å². The van der Waals surface area contributed by atoms with E-state index in [1.165, 1.54) is 11.6 Å². The first-order chi connectivity index (χ1) is 8.56. The van der Waals surface area contributed by atoms with E-state index in [4.69, 9.17) is 0 Å². The van der Waals surface area contributed by atoms with Crippen LogP contribution in [0.25, 0.3) is 0 Å². The molecule has 0 saturated heterocycles. The summed E-state index contributed by atoms with van der Waals surface area (Å²) < 4.78 is 15.5. The van der Waals surface area contributed by atoms with Gasteiger partial charge in [0.2, 0.25) is 0 Å². The molecule has 0 bridgehead atoms. The average Bonchev–Trinajstić information content (AvgIpc) is 2.34. The minimum Gasteiger partial charge on any atom is -0.379 e. The molecule has 0 atom stereocenters. The van der Waals surface area contributed by atoms with Gasteiger partial charge in [-0.1, -0.05) is 44.0 Å². The molecule has 94 valence electrons. The number of hydrogen-bond donors (Lipinski definition) is 1. The Hall–Kier alpha value is -0.870. The van der Waals surface area contributed by atoms with Gasteiger partial charge in [-0.25, -0.2) is 4.39 Å². The zero-order valence-corrected chi connectivity index (χ0v) is 13.0. The normalized spacial score (nSPS) is 10.4. The highest BCUT2D eigenvalue weighted by Crippen LogP contribution is 2.22. The SMILES string of the molecule is Cc1cc(CNc2cc(Br)ccc2F)ccc1Br. The summed E-state index contributed by atoms with van der Waals surface area (Å²) in [5, 5.41) is 3.10. The van der Waals surface area contributed by atoms with Gasteiger partial charge in [-0.3, -0.25) is 0 Å². The summed E-state index contributed by atoms with van der Waals surface area (Å²) in [6, 6.07) is 11.0. The Morgan fingerprint density at radius 3 is 2.61 bits per heavy atom. The monoisotopic (exact) mass is 371 g/mol. The first-order valence-electron chi connectivity index (χ1n) is 5.50. The molecule has 4 heteroatoms. The second-order valence-corrected chi connectivity index (χ2v) is 5.83. The number of halogens is 3. The average molecular weight is 373 g/mol. The van der Waals surface area contributed by atoms with Crippen LogP contribution in [0.15, 0.2) is 45.3 Å². The predicted octanol–water partition coefficient (Wildman–Crippen LogP) is 5.27. The van der Waals surface area contributed by atoms with Crippen LogP contribution in [0, 0.1) is 12.7 Å². The van der Waals surface area contributed by atoms with Crippen LogP contribution in [-0.2, 0) is 6.54 Å². The molecule has 0 spiro atoms. The maximum absolute atomic E-state index is 13.5. The van der Waals surface area contributed by atoms with E-state index in [1.807, 2.05) is 19.1 Å². The summed E-state index contributed by atoms with van der Waals surface area (Å²) in [6.45, 7) is 2.63. The van der Waals surface area contributed by atoms with Crippen molar-refractivity contribution in [1.82, 2.24) is 0 Å². The van der Waals surface area contributed by atoms with Crippen LogP contribution in [0.2, 0.25) is 0 Å². The van der Waals surface area contributed by atoms with Crippen LogP contribution in [0.1, 0.15) is 11.1 Å². The predicted molar refractivity (Wildman–Crippen MR) is 80.3 cm³/mol. The molecular weight excluding hydrogens is 361 g/mol. The summed E-state index contributed by atoms with van der Waals surface area (Å²) in [7, 11) is 0. The Bertz CT molecular complexity index is 570. The Labute approximate surface area is 123 Å². The summed E-state index contributed by atoms with van der Waals surface area (Å²) in [5.74, 6) is -0.243. The number of aryl methyl sites for hydroxylation is 1. The van der Waals surface area contributed by atoms with Crippen LogP contribution in [-0.4, -0.2) is 0 Å². The van der Waals surface area contributed by atoms with Crippen molar-refractivity contribution in [3.63, 3.8) is 0 Å². The maximum Gasteiger partial charge on any atom is 0.146 e. The second kappa shape index (κ2) is 5.85. The molecule has 0 radical (unpaired) electrons. The van der Waals surface area contributed by atoms with Crippen LogP contribution >= 0.6 is 31.9 Å². The molecule has 0 aliphatic heterocycles. The standard InChI is InChI=1S/C14H12Br2FN/c1-9-6-10(2-4-12(9)16)8-18-14-7-11(15)3-5-13(14)17/h2-7,18H,8H2,1H3. The number of benzene rings is 2. The Morgan fingerprint density at radius 1 is 1.11 bits per heavy atom. The molecule has 0 aliphatic carbocycles. The van der Waals surface area contributed by atoms with Gasteiger partial charge in [0, 0.05) is 15.5 Å². The molecule has 2 rings (SSSR count). The van der Waals surface area contributed by atoms with E-state index in [-0.39, 0.29) is 5.82 Å². The fourth-order valence-electron chi connectivity index (χ4n) is 1.65. The molecule has 0 fully saturated rings. The van der Waals surface area contributed by atoms with E-state index in [0.717, 1.165) is 14.5 Å². The van der Waals surface area contributed by atoms with Gasteiger partial charge in [-0.15, -0.1) is 0 Å². The fraction of sp³-hybridized carbons (Fsp3) is 0.143. The molecule has 0 amide bonds. The van der Waals surface area contributed by atoms with Crippen molar-refractivity contribution in [3.05, 3.63) is 62.3 Å². The molecule has 0 aliphatic rings. The van der Waals surface area contributed by atoms with Gasteiger partial charge < -0.3 is 5.32 Å². The molecule has 0 heterocycles. The van der Waals surface area contributed by atoms with Gasteiger partial charge in [0.15, 0.2) is 0 Å². The Morgan fingerprint density at radius 2 is 1.89 bits per heavy atom. The molecule has 0 saturated carbocycles. The quantitative estimate of drug-likeness (QED) is 0.773. The molecule has 18 heavy (non-hydrogen) atoms. The van der Waals surface area contributed by atoms with Gasteiger partial charge in [-0.05, 0) is 42.3 Å². The lowest BCUT2D eigenvalue weighted by Crippen LogP contribution is -2.01. The first-order valence-corrected chi connectivity index (χ1v) is 7.09. The zero-order valence-electron chi connectivity index (χ0n) is 9.81. The van der Waals surface area contributed by atoms with Gasteiger partial charge in [0.25, 0.3) is 0 Å². The molecule has 1 N–H and O–H groups in total. The summed E-state index contributed by atoms with van der Waals surface area (Å²) in [4.78, 5) is 0. The highest BCUT2D eigenvalue weighted by atomic mass is 79.9. The van der Waals surface area contributed by atoms with E-state index in [9.17, 15) is 4.39 Å². The molecule has 1 nitrogen and oxygen atoms in total. The number of rotatable bonds is 3. The van der Waals surface area contributed by atoms with E-state index in [2.05, 4.69) is 43.2 Å². The lowest BCUT2D eigenvalue weighted by molar-refractivity contribution is 0.630. The van der Waals surface area contributed by atoms with Crippen molar-refractivity contribution in [2.75, 3.05) is 5.32 Å². The summed E-state index contributed by atoms with van der Waals surface area (Å²) in [5.41, 5.74) is 2.80. The van der Waals surface area contributed by atoms with Gasteiger partial charge in [-0.2, -0.15) is 0 Å². The van der Waals surface area contributed by atoms with Crippen molar-refractivity contribution in [2.45, 2.75) is 13.5 Å². The smallest absolute Gasteiger partial charge is 0.146 e. The van der Waals surface area contributed by atoms with Crippen LogP contribution in [0.5, 0.6) is 0 Å². The third kappa shape index (κ3) is 3.33. The first kappa shape index (κ1) is 13.6. The van der Waals surface area contributed by atoms with E-state index in [1.54, 1.807) is 12.1 Å². The largest absolute Gasteiger partial charge is 0.379 e. The van der Waals surface area contributed by atoms with Gasteiger partial charge in [0.1, 0.15) is 5.82 Å². The Kier molecular flexibility index (Phi) is 4.40. The lowest BCUT2D eigenvalue weighted by atomic mass is 10.1. The molecule has 2 aromatic carbocycles. The summed E-state index contributed by atoms with van der Waals surface area (Å²) in [6.07, 6.45) is 0. The van der Waals surface area contributed by atoms with Crippen LogP contribution < -0.4 is 5.32 Å². The zero-order chi connectivity index (χ0) is 13.1. The van der Waals surface area contributed by atoms with Gasteiger partial charge in [0.05, 0.1) is 5.69 Å². The minimum absolute atomic E-state index is 0.243. The third-order valence-corrected chi connectivity index (χ3v) is 4.02. The van der Waals surface area contributed by atoms with E-state index < -0.39 is 0 Å². The van der Waals surface area contributed by atoms with Crippen molar-refractivity contribution in [3.8, 4) is 0 Å². The van der Waals surface area contributed by atoms with Crippen molar-refractivity contribution >= 4 is 37.5 Å². The highest BCUT2D eigenvalue weighted by Gasteiger charge is 2.03. The van der Waals surface area contributed by atoms with E-state index >= 15 is 0 Å². The van der Waals surface area contributed by atoms with Crippen molar-refractivity contribution in [1.29, 1.82) is 0 Å². The number of hydrogen-bond acceptors (Lipinski definition) is 1. The highest BCUT2D eigenvalue weighted by molar-refractivity contribution is 9.10. The van der Waals surface area contributed by atoms with Crippen LogP contribution in [0.3, 0.4) is 0 Å². The minimum atomic E-state index is -0.243. The van der Waals surface area contributed by atoms with Crippen molar-refractivity contribution in [2.24, 2.45) is 0 Å². The van der Waals surface area contributed by atoms with Gasteiger partial charge >= 0.3 is 0 Å². The maximum atomic E-state index is 13.5. The number of anilines is 1. The van der Waals surface area contributed by atoms with Crippen molar-refractivity contribution < 1.29 is 4.39 Å². The molecular formula is C14H12Br2FN. The molecule has 0 unspecified atom stereocenters. The third-order valence-electron chi connectivity index (χ3n) is 2.63. The fourth-order valence-corrected chi connectivity index (χ4v) is 2.25. The summed E-state index contributed by atoms with van der Waals surface area (Å²) >= 11 is 6.79. The molecule has 0 aromatic heterocycles.